The van der Waals surface area contributed by atoms with Crippen LogP contribution in [-0.4, -0.2) is 33.0 Å². The first kappa shape index (κ1) is 21.2. The topological polar surface area (TPSA) is 40.6 Å². The molecule has 1 aliphatic heterocycles. The van der Waals surface area contributed by atoms with Gasteiger partial charge < -0.3 is 0 Å². The number of benzene rings is 3. The Morgan fingerprint density at radius 3 is 2.47 bits per heavy atom. The molecule has 0 spiro atoms. The molecule has 1 atom stereocenters. The molecule has 1 aliphatic carbocycles. The van der Waals surface area contributed by atoms with Gasteiger partial charge in [-0.05, 0) is 79.1 Å². The summed E-state index contributed by atoms with van der Waals surface area (Å²) < 4.78 is 28.7. The molecule has 0 saturated carbocycles. The molecule has 4 nitrogen and oxygen atoms in total. The molecule has 1 unspecified atom stereocenters. The summed E-state index contributed by atoms with van der Waals surface area (Å²) in [4.78, 5) is 2.91. The van der Waals surface area contributed by atoms with Crippen LogP contribution in [-0.2, 0) is 22.9 Å². The first-order chi connectivity index (χ1) is 15.5. The van der Waals surface area contributed by atoms with E-state index < -0.39 is 10.0 Å². The van der Waals surface area contributed by atoms with Crippen LogP contribution in [0.3, 0.4) is 0 Å². The van der Waals surface area contributed by atoms with Gasteiger partial charge in [-0.2, -0.15) is 0 Å². The van der Waals surface area contributed by atoms with Gasteiger partial charge >= 0.3 is 0 Å². The lowest BCUT2D eigenvalue weighted by Crippen LogP contribution is -2.38. The molecule has 0 N–H and O–H groups in total. The van der Waals surface area contributed by atoms with Crippen molar-refractivity contribution >= 4 is 15.7 Å². The van der Waals surface area contributed by atoms with E-state index in [1.54, 1.807) is 34.1 Å². The molecule has 0 radical (unpaired) electrons. The van der Waals surface area contributed by atoms with Crippen LogP contribution in [0.2, 0.25) is 0 Å². The molecule has 3 aromatic rings. The van der Waals surface area contributed by atoms with Crippen LogP contribution < -0.4 is 4.31 Å². The highest BCUT2D eigenvalue weighted by atomic mass is 32.2. The van der Waals surface area contributed by atoms with Gasteiger partial charge in [-0.15, -0.1) is 0 Å². The minimum Gasteiger partial charge on any atom is -0.296 e. The minimum atomic E-state index is -3.62. The molecule has 32 heavy (non-hydrogen) atoms. The summed E-state index contributed by atoms with van der Waals surface area (Å²) in [5.41, 5.74) is 6.36. The standard InChI is InChI=1S/C27H30N2O2S/c1-21-8-5-11-24(20-21)29(32(30,31)25-12-3-2-4-13-25)18-7-17-28-19-16-23-10-6-9-22-14-15-26(28)27(22)23/h2-6,8-13,20,26H,7,14-19H2,1H3. The second-order valence-electron chi connectivity index (χ2n) is 8.91. The Morgan fingerprint density at radius 1 is 0.938 bits per heavy atom. The van der Waals surface area contributed by atoms with Crippen LogP contribution >= 0.6 is 0 Å². The Hall–Kier alpha value is -2.63. The first-order valence-electron chi connectivity index (χ1n) is 11.5. The summed E-state index contributed by atoms with van der Waals surface area (Å²) in [7, 11) is -3.62. The fraction of sp³-hybridized carbons (Fsp3) is 0.333. The van der Waals surface area contributed by atoms with Crippen molar-refractivity contribution in [3.8, 4) is 0 Å². The molecule has 2 aliphatic rings. The van der Waals surface area contributed by atoms with Crippen LogP contribution in [0.4, 0.5) is 5.69 Å². The lowest BCUT2D eigenvalue weighted by molar-refractivity contribution is 0.185. The third kappa shape index (κ3) is 3.96. The number of nitrogens with zero attached hydrogens (tertiary/aromatic N) is 2. The van der Waals surface area contributed by atoms with Gasteiger partial charge in [0, 0.05) is 25.7 Å². The van der Waals surface area contributed by atoms with Crippen LogP contribution in [0, 0.1) is 6.92 Å². The average Bonchev–Trinajstić information content (AvgIpc) is 3.24. The number of sulfonamides is 1. The maximum Gasteiger partial charge on any atom is 0.264 e. The molecule has 5 heteroatoms. The largest absolute Gasteiger partial charge is 0.296 e. The second kappa shape index (κ2) is 8.72. The summed E-state index contributed by atoms with van der Waals surface area (Å²) in [6.07, 6.45) is 4.22. The van der Waals surface area contributed by atoms with Gasteiger partial charge in [0.25, 0.3) is 10.0 Å². The number of rotatable bonds is 7. The fourth-order valence-corrected chi connectivity index (χ4v) is 6.84. The maximum absolute atomic E-state index is 13.5. The van der Waals surface area contributed by atoms with E-state index in [0.29, 0.717) is 17.5 Å². The predicted molar refractivity (Wildman–Crippen MR) is 130 cm³/mol. The number of aryl methyl sites for hydroxylation is 2. The zero-order valence-electron chi connectivity index (χ0n) is 18.6. The minimum absolute atomic E-state index is 0.342. The maximum atomic E-state index is 13.5. The van der Waals surface area contributed by atoms with Gasteiger partial charge in [0.2, 0.25) is 0 Å². The average molecular weight is 447 g/mol. The van der Waals surface area contributed by atoms with Crippen molar-refractivity contribution in [2.75, 3.05) is 23.9 Å². The van der Waals surface area contributed by atoms with Gasteiger partial charge in [0.15, 0.2) is 0 Å². The van der Waals surface area contributed by atoms with E-state index in [9.17, 15) is 8.42 Å². The van der Waals surface area contributed by atoms with Crippen molar-refractivity contribution in [1.29, 1.82) is 0 Å². The lowest BCUT2D eigenvalue weighted by Gasteiger charge is -2.35. The van der Waals surface area contributed by atoms with E-state index in [1.807, 2.05) is 37.3 Å². The summed E-state index contributed by atoms with van der Waals surface area (Å²) in [5.74, 6) is 0. The third-order valence-electron chi connectivity index (χ3n) is 6.84. The van der Waals surface area contributed by atoms with Gasteiger partial charge in [-0.3, -0.25) is 9.21 Å². The third-order valence-corrected chi connectivity index (χ3v) is 8.69. The molecular weight excluding hydrogens is 416 g/mol. The van der Waals surface area contributed by atoms with Crippen LogP contribution in [0.25, 0.3) is 0 Å². The highest BCUT2D eigenvalue weighted by Gasteiger charge is 2.33. The molecular formula is C27H30N2O2S. The zero-order valence-corrected chi connectivity index (χ0v) is 19.4. The molecule has 0 amide bonds. The molecule has 1 heterocycles. The molecule has 0 fully saturated rings. The molecule has 0 saturated heterocycles. The predicted octanol–water partition coefficient (Wildman–Crippen LogP) is 5.13. The van der Waals surface area contributed by atoms with E-state index in [1.165, 1.54) is 17.5 Å². The number of hydrogen-bond acceptors (Lipinski definition) is 3. The van der Waals surface area contributed by atoms with E-state index >= 15 is 0 Å². The molecule has 166 valence electrons. The fourth-order valence-electron chi connectivity index (χ4n) is 5.33. The van der Waals surface area contributed by atoms with Crippen molar-refractivity contribution in [1.82, 2.24) is 4.90 Å². The quantitative estimate of drug-likeness (QED) is 0.505. The lowest BCUT2D eigenvalue weighted by atomic mass is 9.93. The smallest absolute Gasteiger partial charge is 0.264 e. The van der Waals surface area contributed by atoms with Crippen LogP contribution in [0.5, 0.6) is 0 Å². The summed E-state index contributed by atoms with van der Waals surface area (Å²) in [6.45, 7) is 4.43. The van der Waals surface area contributed by atoms with Crippen molar-refractivity contribution in [2.45, 2.75) is 43.5 Å². The van der Waals surface area contributed by atoms with Crippen LogP contribution in [0.1, 0.15) is 41.1 Å². The van der Waals surface area contributed by atoms with Crippen molar-refractivity contribution < 1.29 is 8.42 Å². The Balaban J connectivity index is 1.35. The van der Waals surface area contributed by atoms with Gasteiger partial charge in [-0.1, -0.05) is 48.5 Å². The second-order valence-corrected chi connectivity index (χ2v) is 10.8. The van der Waals surface area contributed by atoms with Crippen molar-refractivity contribution in [3.63, 3.8) is 0 Å². The summed E-state index contributed by atoms with van der Waals surface area (Å²) in [6, 6.07) is 23.8. The summed E-state index contributed by atoms with van der Waals surface area (Å²) >= 11 is 0. The van der Waals surface area contributed by atoms with E-state index in [0.717, 1.165) is 43.6 Å². The SMILES string of the molecule is Cc1cccc(N(CCCN2CCc3cccc4c3C2CC4)S(=O)(=O)c2ccccc2)c1. The van der Waals surface area contributed by atoms with E-state index in [4.69, 9.17) is 0 Å². The first-order valence-corrected chi connectivity index (χ1v) is 13.0. The molecule has 5 rings (SSSR count). The number of anilines is 1. The van der Waals surface area contributed by atoms with Crippen molar-refractivity contribution in [2.24, 2.45) is 0 Å². The van der Waals surface area contributed by atoms with Crippen LogP contribution in [0.15, 0.2) is 77.7 Å². The Kier molecular flexibility index (Phi) is 5.78. The number of hydrogen-bond donors (Lipinski definition) is 0. The van der Waals surface area contributed by atoms with Gasteiger partial charge in [-0.25, -0.2) is 8.42 Å². The van der Waals surface area contributed by atoms with Gasteiger partial charge in [0.05, 0.1) is 10.6 Å². The normalized spacial score (nSPS) is 17.8. The summed E-state index contributed by atoms with van der Waals surface area (Å²) in [5, 5.41) is 0. The van der Waals surface area contributed by atoms with E-state index in [2.05, 4.69) is 23.1 Å². The van der Waals surface area contributed by atoms with Crippen molar-refractivity contribution in [3.05, 3.63) is 95.1 Å². The highest BCUT2D eigenvalue weighted by Crippen LogP contribution is 2.41. The molecule has 0 aromatic heterocycles. The highest BCUT2D eigenvalue weighted by molar-refractivity contribution is 7.92. The Morgan fingerprint density at radius 2 is 1.69 bits per heavy atom. The molecule has 0 bridgehead atoms. The molecule has 3 aromatic carbocycles. The van der Waals surface area contributed by atoms with Gasteiger partial charge in [0.1, 0.15) is 0 Å². The Labute approximate surface area is 191 Å². The Bertz CT molecular complexity index is 1210. The monoisotopic (exact) mass is 446 g/mol. The zero-order chi connectivity index (χ0) is 22.1. The van der Waals surface area contributed by atoms with E-state index in [-0.39, 0.29) is 0 Å².